The summed E-state index contributed by atoms with van der Waals surface area (Å²) in [6, 6.07) is 13.1. The van der Waals surface area contributed by atoms with Gasteiger partial charge in [-0.15, -0.1) is 12.4 Å². The van der Waals surface area contributed by atoms with Gasteiger partial charge >= 0.3 is 5.63 Å². The van der Waals surface area contributed by atoms with E-state index in [2.05, 4.69) is 10.3 Å². The summed E-state index contributed by atoms with van der Waals surface area (Å²) in [5, 5.41) is 5.18. The van der Waals surface area contributed by atoms with Crippen molar-refractivity contribution < 1.29 is 13.3 Å². The molecule has 31 heavy (non-hydrogen) atoms. The van der Waals surface area contributed by atoms with Gasteiger partial charge in [0, 0.05) is 35.1 Å². The largest absolute Gasteiger partial charge is 0.468 e. The summed E-state index contributed by atoms with van der Waals surface area (Å²) < 4.78 is 16.9. The van der Waals surface area contributed by atoms with Crippen LogP contribution in [0.1, 0.15) is 22.6 Å². The van der Waals surface area contributed by atoms with Crippen molar-refractivity contribution in [2.45, 2.75) is 26.9 Å². The van der Waals surface area contributed by atoms with Crippen LogP contribution >= 0.6 is 12.4 Å². The quantitative estimate of drug-likeness (QED) is 0.365. The molecule has 0 spiro atoms. The van der Waals surface area contributed by atoms with E-state index in [0.29, 0.717) is 30.0 Å². The van der Waals surface area contributed by atoms with Crippen LogP contribution in [0.4, 0.5) is 0 Å². The molecule has 0 aliphatic carbocycles. The molecule has 0 atom stereocenters. The van der Waals surface area contributed by atoms with Crippen molar-refractivity contribution >= 4 is 34.3 Å². The van der Waals surface area contributed by atoms with Gasteiger partial charge in [-0.1, -0.05) is 12.1 Å². The Kier molecular flexibility index (Phi) is 5.67. The number of hydrogen-bond acceptors (Lipinski definition) is 6. The third kappa shape index (κ3) is 4.00. The van der Waals surface area contributed by atoms with E-state index < -0.39 is 5.63 Å². The number of nitrogens with one attached hydrogen (secondary N) is 1. The molecule has 0 radical (unpaired) electrons. The van der Waals surface area contributed by atoms with E-state index in [0.717, 1.165) is 38.9 Å². The molecule has 0 unspecified atom stereocenters. The zero-order valence-electron chi connectivity index (χ0n) is 17.1. The first-order valence-corrected chi connectivity index (χ1v) is 9.74. The predicted molar refractivity (Wildman–Crippen MR) is 121 cm³/mol. The molecule has 0 saturated heterocycles. The van der Waals surface area contributed by atoms with Gasteiger partial charge in [0.1, 0.15) is 17.1 Å². The third-order valence-corrected chi connectivity index (χ3v) is 5.18. The second-order valence-electron chi connectivity index (χ2n) is 7.38. The summed E-state index contributed by atoms with van der Waals surface area (Å²) in [7, 11) is 0. The number of aromatic nitrogens is 1. The van der Waals surface area contributed by atoms with Crippen molar-refractivity contribution in [3.05, 3.63) is 87.9 Å². The molecule has 0 saturated carbocycles. The number of furan rings is 2. The highest BCUT2D eigenvalue weighted by molar-refractivity contribution is 5.95. The van der Waals surface area contributed by atoms with E-state index in [9.17, 15) is 4.79 Å². The predicted octanol–water partition coefficient (Wildman–Crippen LogP) is 5.52. The minimum absolute atomic E-state index is 0. The lowest BCUT2D eigenvalue weighted by Crippen LogP contribution is -2.12. The molecule has 6 nitrogen and oxygen atoms in total. The molecule has 4 heterocycles. The minimum atomic E-state index is -0.404. The molecule has 5 aromatic rings. The fourth-order valence-corrected chi connectivity index (χ4v) is 3.68. The molecular formula is C24H21ClN2O4. The summed E-state index contributed by atoms with van der Waals surface area (Å²) >= 11 is 0. The molecule has 0 bridgehead atoms. The standard InChI is InChI=1S/C24H20N2O4.ClH/c1-14-5-6-18-20(10-23(27)29-21(18)8-14)22-9-19-16(12-26-15(2)24(19)30-22)11-25-13-17-4-3-7-28-17;/h3-10,12,25H,11,13H2,1-2H3;1H. The maximum Gasteiger partial charge on any atom is 0.336 e. The first kappa shape index (κ1) is 20.9. The van der Waals surface area contributed by atoms with Crippen LogP contribution in [0.2, 0.25) is 0 Å². The van der Waals surface area contributed by atoms with Gasteiger partial charge in [0.05, 0.1) is 18.5 Å². The number of benzene rings is 1. The zero-order valence-corrected chi connectivity index (χ0v) is 17.9. The number of aryl methyl sites for hydroxylation is 2. The molecule has 7 heteroatoms. The molecule has 5 rings (SSSR count). The highest BCUT2D eigenvalue weighted by Crippen LogP contribution is 2.34. The molecular weight excluding hydrogens is 416 g/mol. The second-order valence-corrected chi connectivity index (χ2v) is 7.38. The topological polar surface area (TPSA) is 81.4 Å². The lowest BCUT2D eigenvalue weighted by atomic mass is 10.1. The van der Waals surface area contributed by atoms with Gasteiger partial charge in [0.15, 0.2) is 5.58 Å². The van der Waals surface area contributed by atoms with E-state index in [1.54, 1.807) is 6.26 Å². The van der Waals surface area contributed by atoms with Crippen molar-refractivity contribution in [1.29, 1.82) is 0 Å². The number of fused-ring (bicyclic) bond motifs is 2. The van der Waals surface area contributed by atoms with Gasteiger partial charge in [0.2, 0.25) is 0 Å². The average Bonchev–Trinajstić information content (AvgIpc) is 3.39. The number of nitrogens with zero attached hydrogens (tertiary/aromatic N) is 1. The van der Waals surface area contributed by atoms with Crippen LogP contribution < -0.4 is 10.9 Å². The van der Waals surface area contributed by atoms with Gasteiger partial charge in [0.25, 0.3) is 0 Å². The molecule has 0 fully saturated rings. The summed E-state index contributed by atoms with van der Waals surface area (Å²) in [5.41, 5.74) is 4.42. The highest BCUT2D eigenvalue weighted by Gasteiger charge is 2.16. The highest BCUT2D eigenvalue weighted by atomic mass is 35.5. The van der Waals surface area contributed by atoms with Crippen LogP contribution in [0.3, 0.4) is 0 Å². The molecule has 1 N–H and O–H groups in total. The van der Waals surface area contributed by atoms with Crippen LogP contribution in [0, 0.1) is 13.8 Å². The van der Waals surface area contributed by atoms with E-state index in [4.69, 9.17) is 13.3 Å². The molecule has 0 amide bonds. The summed E-state index contributed by atoms with van der Waals surface area (Å²) in [4.78, 5) is 16.6. The SMILES string of the molecule is Cc1ccc2c(-c3cc4c(CNCc5ccco5)cnc(C)c4o3)cc(=O)oc2c1.Cl. The summed E-state index contributed by atoms with van der Waals surface area (Å²) in [6.07, 6.45) is 3.51. The lowest BCUT2D eigenvalue weighted by molar-refractivity contribution is 0.483. The van der Waals surface area contributed by atoms with Crippen LogP contribution in [-0.2, 0) is 13.1 Å². The van der Waals surface area contributed by atoms with Crippen LogP contribution in [-0.4, -0.2) is 4.98 Å². The normalized spacial score (nSPS) is 11.2. The minimum Gasteiger partial charge on any atom is -0.468 e. The molecule has 158 valence electrons. The Morgan fingerprint density at radius 3 is 2.68 bits per heavy atom. The Hall–Kier alpha value is -3.35. The second kappa shape index (κ2) is 8.41. The lowest BCUT2D eigenvalue weighted by Gasteiger charge is -2.05. The Balaban J connectivity index is 0.00000231. The van der Waals surface area contributed by atoms with Crippen molar-refractivity contribution in [2.24, 2.45) is 0 Å². The summed E-state index contributed by atoms with van der Waals surface area (Å²) in [5.74, 6) is 1.49. The molecule has 4 aromatic heterocycles. The van der Waals surface area contributed by atoms with E-state index in [1.165, 1.54) is 6.07 Å². The monoisotopic (exact) mass is 436 g/mol. The molecule has 0 aliphatic heterocycles. The average molecular weight is 437 g/mol. The Labute approximate surface area is 184 Å². The van der Waals surface area contributed by atoms with Gasteiger partial charge in [-0.05, 0) is 49.2 Å². The van der Waals surface area contributed by atoms with Crippen molar-refractivity contribution in [3.63, 3.8) is 0 Å². The number of halogens is 1. The Bertz CT molecular complexity index is 1420. The van der Waals surface area contributed by atoms with E-state index >= 15 is 0 Å². The van der Waals surface area contributed by atoms with Gasteiger partial charge < -0.3 is 18.6 Å². The van der Waals surface area contributed by atoms with Crippen molar-refractivity contribution in [1.82, 2.24) is 10.3 Å². The van der Waals surface area contributed by atoms with E-state index in [1.807, 2.05) is 56.4 Å². The molecule has 0 aliphatic rings. The van der Waals surface area contributed by atoms with Crippen molar-refractivity contribution in [2.75, 3.05) is 0 Å². The van der Waals surface area contributed by atoms with Gasteiger partial charge in [-0.3, -0.25) is 4.98 Å². The first-order valence-electron chi connectivity index (χ1n) is 9.74. The summed E-state index contributed by atoms with van der Waals surface area (Å²) in [6.45, 7) is 5.11. The smallest absolute Gasteiger partial charge is 0.336 e. The van der Waals surface area contributed by atoms with Gasteiger partial charge in [-0.2, -0.15) is 0 Å². The first-order chi connectivity index (χ1) is 14.6. The number of pyridine rings is 1. The molecule has 1 aromatic carbocycles. The zero-order chi connectivity index (χ0) is 20.7. The van der Waals surface area contributed by atoms with Crippen LogP contribution in [0.5, 0.6) is 0 Å². The maximum absolute atomic E-state index is 12.2. The third-order valence-electron chi connectivity index (χ3n) is 5.18. The fourth-order valence-electron chi connectivity index (χ4n) is 3.68. The van der Waals surface area contributed by atoms with E-state index in [-0.39, 0.29) is 12.4 Å². The Morgan fingerprint density at radius 2 is 1.87 bits per heavy atom. The van der Waals surface area contributed by atoms with Crippen LogP contribution in [0.15, 0.2) is 73.0 Å². The number of hydrogen-bond donors (Lipinski definition) is 1. The van der Waals surface area contributed by atoms with Gasteiger partial charge in [-0.25, -0.2) is 4.79 Å². The Morgan fingerprint density at radius 1 is 1.00 bits per heavy atom. The number of rotatable bonds is 5. The maximum atomic E-state index is 12.2. The van der Waals surface area contributed by atoms with Crippen molar-refractivity contribution in [3.8, 4) is 11.3 Å². The fraction of sp³-hybridized carbons (Fsp3) is 0.167. The van der Waals surface area contributed by atoms with Crippen LogP contribution in [0.25, 0.3) is 33.3 Å².